The average molecular weight is 184 g/mol. The fourth-order valence-corrected chi connectivity index (χ4v) is 1.89. The van der Waals surface area contributed by atoms with Crippen molar-refractivity contribution >= 4 is 5.91 Å². The molecule has 13 heavy (non-hydrogen) atoms. The van der Waals surface area contributed by atoms with E-state index >= 15 is 0 Å². The molecule has 0 aromatic rings. The van der Waals surface area contributed by atoms with Crippen molar-refractivity contribution in [2.75, 3.05) is 26.2 Å². The number of carbonyl (C=O) groups is 1. The first-order valence-corrected chi connectivity index (χ1v) is 4.95. The van der Waals surface area contributed by atoms with E-state index < -0.39 is 5.60 Å². The summed E-state index contributed by atoms with van der Waals surface area (Å²) in [6, 6.07) is 0. The summed E-state index contributed by atoms with van der Waals surface area (Å²) >= 11 is 0. The molecule has 1 aliphatic carbocycles. The molecule has 0 spiro atoms. The van der Waals surface area contributed by atoms with Crippen molar-refractivity contribution in [3.05, 3.63) is 0 Å². The van der Waals surface area contributed by atoms with Crippen LogP contribution in [0.25, 0.3) is 0 Å². The molecule has 0 radical (unpaired) electrons. The lowest BCUT2D eigenvalue weighted by Crippen LogP contribution is -2.57. The second-order valence-corrected chi connectivity index (χ2v) is 3.93. The topological polar surface area (TPSA) is 52.6 Å². The molecule has 0 bridgehead atoms. The fourth-order valence-electron chi connectivity index (χ4n) is 1.89. The van der Waals surface area contributed by atoms with Crippen molar-refractivity contribution in [3.8, 4) is 0 Å². The Morgan fingerprint density at radius 3 is 2.38 bits per heavy atom. The summed E-state index contributed by atoms with van der Waals surface area (Å²) in [6.45, 7) is 3.17. The zero-order valence-corrected chi connectivity index (χ0v) is 7.75. The van der Waals surface area contributed by atoms with E-state index in [-0.39, 0.29) is 5.91 Å². The summed E-state index contributed by atoms with van der Waals surface area (Å²) in [6.07, 6.45) is 2.28. The predicted octanol–water partition coefficient (Wildman–Crippen LogP) is -0.667. The van der Waals surface area contributed by atoms with Crippen molar-refractivity contribution in [2.45, 2.75) is 24.9 Å². The van der Waals surface area contributed by atoms with Crippen LogP contribution in [0.3, 0.4) is 0 Å². The molecule has 0 aromatic carbocycles. The number of piperazine rings is 1. The summed E-state index contributed by atoms with van der Waals surface area (Å²) in [4.78, 5) is 13.5. The third kappa shape index (κ3) is 1.56. The fraction of sp³-hybridized carbons (Fsp3) is 0.889. The van der Waals surface area contributed by atoms with Crippen LogP contribution in [0.1, 0.15) is 19.3 Å². The number of amides is 1. The molecule has 4 nitrogen and oxygen atoms in total. The summed E-state index contributed by atoms with van der Waals surface area (Å²) in [5.74, 6) is -0.0553. The molecule has 1 saturated carbocycles. The van der Waals surface area contributed by atoms with E-state index in [1.807, 2.05) is 0 Å². The molecular weight excluding hydrogens is 168 g/mol. The third-order valence-electron chi connectivity index (χ3n) is 2.98. The molecule has 0 unspecified atom stereocenters. The van der Waals surface area contributed by atoms with Gasteiger partial charge in [0.2, 0.25) is 0 Å². The number of nitrogens with one attached hydrogen (secondary N) is 1. The van der Waals surface area contributed by atoms with E-state index in [2.05, 4.69) is 5.32 Å². The Kier molecular flexibility index (Phi) is 2.26. The van der Waals surface area contributed by atoms with Crippen LogP contribution in [0.2, 0.25) is 0 Å². The smallest absolute Gasteiger partial charge is 0.254 e. The Morgan fingerprint density at radius 2 is 1.92 bits per heavy atom. The first-order valence-electron chi connectivity index (χ1n) is 4.95. The molecule has 1 heterocycles. The molecular formula is C9H16N2O2. The van der Waals surface area contributed by atoms with Crippen molar-refractivity contribution in [2.24, 2.45) is 0 Å². The van der Waals surface area contributed by atoms with Gasteiger partial charge in [-0.3, -0.25) is 4.79 Å². The number of hydrogen-bond donors (Lipinski definition) is 2. The summed E-state index contributed by atoms with van der Waals surface area (Å²) in [5.41, 5.74) is -1.00. The minimum Gasteiger partial charge on any atom is -0.380 e. The highest BCUT2D eigenvalue weighted by Crippen LogP contribution is 2.33. The molecule has 0 aromatic heterocycles. The van der Waals surface area contributed by atoms with Crippen LogP contribution in [0.4, 0.5) is 0 Å². The molecule has 0 atom stereocenters. The first-order chi connectivity index (χ1) is 6.22. The van der Waals surface area contributed by atoms with Gasteiger partial charge in [0.15, 0.2) is 0 Å². The van der Waals surface area contributed by atoms with Gasteiger partial charge in [-0.1, -0.05) is 0 Å². The molecule has 2 aliphatic rings. The van der Waals surface area contributed by atoms with Crippen molar-refractivity contribution in [1.82, 2.24) is 10.2 Å². The van der Waals surface area contributed by atoms with Crippen LogP contribution in [0.5, 0.6) is 0 Å². The molecule has 4 heteroatoms. The van der Waals surface area contributed by atoms with E-state index in [4.69, 9.17) is 0 Å². The Bertz CT molecular complexity index is 208. The highest BCUT2D eigenvalue weighted by atomic mass is 16.3. The molecule has 2 N–H and O–H groups in total. The van der Waals surface area contributed by atoms with Crippen molar-refractivity contribution in [1.29, 1.82) is 0 Å². The van der Waals surface area contributed by atoms with Gasteiger partial charge in [0, 0.05) is 26.2 Å². The predicted molar refractivity (Wildman–Crippen MR) is 48.3 cm³/mol. The number of aliphatic hydroxyl groups is 1. The molecule has 74 valence electrons. The van der Waals surface area contributed by atoms with Crippen LogP contribution < -0.4 is 5.32 Å². The van der Waals surface area contributed by atoms with Crippen molar-refractivity contribution in [3.63, 3.8) is 0 Å². The Labute approximate surface area is 77.9 Å². The molecule has 1 amide bonds. The van der Waals surface area contributed by atoms with Gasteiger partial charge in [-0.25, -0.2) is 0 Å². The van der Waals surface area contributed by atoms with E-state index in [1.165, 1.54) is 0 Å². The van der Waals surface area contributed by atoms with Crippen LogP contribution in [-0.2, 0) is 4.79 Å². The third-order valence-corrected chi connectivity index (χ3v) is 2.98. The van der Waals surface area contributed by atoms with Gasteiger partial charge >= 0.3 is 0 Å². The van der Waals surface area contributed by atoms with Gasteiger partial charge in [0.05, 0.1) is 0 Å². The lowest BCUT2D eigenvalue weighted by molar-refractivity contribution is -0.160. The molecule has 1 aliphatic heterocycles. The van der Waals surface area contributed by atoms with E-state index in [1.54, 1.807) is 4.90 Å². The van der Waals surface area contributed by atoms with Gasteiger partial charge in [-0.15, -0.1) is 0 Å². The monoisotopic (exact) mass is 184 g/mol. The number of hydrogen-bond acceptors (Lipinski definition) is 3. The zero-order valence-electron chi connectivity index (χ0n) is 7.75. The number of nitrogens with zero attached hydrogens (tertiary/aromatic N) is 1. The summed E-state index contributed by atoms with van der Waals surface area (Å²) in [7, 11) is 0. The Morgan fingerprint density at radius 1 is 1.31 bits per heavy atom. The zero-order chi connectivity index (χ0) is 9.31. The van der Waals surface area contributed by atoms with E-state index in [0.29, 0.717) is 12.8 Å². The van der Waals surface area contributed by atoms with Gasteiger partial charge < -0.3 is 15.3 Å². The largest absolute Gasteiger partial charge is 0.380 e. The average Bonchev–Trinajstić information content (AvgIpc) is 2.14. The summed E-state index contributed by atoms with van der Waals surface area (Å²) < 4.78 is 0. The second-order valence-electron chi connectivity index (χ2n) is 3.93. The lowest BCUT2D eigenvalue weighted by Gasteiger charge is -2.40. The first kappa shape index (κ1) is 8.97. The maximum atomic E-state index is 11.8. The van der Waals surface area contributed by atoms with Crippen LogP contribution in [0, 0.1) is 0 Å². The normalized spacial score (nSPS) is 26.7. The number of carbonyl (C=O) groups excluding carboxylic acids is 1. The standard InChI is InChI=1S/C9H16N2O2/c12-8(9(13)2-1-3-9)11-6-4-10-5-7-11/h10,13H,1-7H2. The minimum absolute atomic E-state index is 0.0553. The molecule has 2 fully saturated rings. The second kappa shape index (κ2) is 3.27. The van der Waals surface area contributed by atoms with Gasteiger partial charge in [-0.05, 0) is 19.3 Å². The quantitative estimate of drug-likeness (QED) is 0.568. The van der Waals surface area contributed by atoms with Crippen LogP contribution in [0.15, 0.2) is 0 Å². The van der Waals surface area contributed by atoms with E-state index in [9.17, 15) is 9.90 Å². The number of rotatable bonds is 1. The van der Waals surface area contributed by atoms with Crippen LogP contribution in [-0.4, -0.2) is 47.7 Å². The minimum atomic E-state index is -1.00. The Balaban J connectivity index is 1.95. The maximum Gasteiger partial charge on any atom is 0.254 e. The van der Waals surface area contributed by atoms with Gasteiger partial charge in [0.25, 0.3) is 5.91 Å². The highest BCUT2D eigenvalue weighted by molar-refractivity contribution is 5.86. The van der Waals surface area contributed by atoms with Gasteiger partial charge in [-0.2, -0.15) is 0 Å². The highest BCUT2D eigenvalue weighted by Gasteiger charge is 2.44. The van der Waals surface area contributed by atoms with Gasteiger partial charge in [0.1, 0.15) is 5.60 Å². The lowest BCUT2D eigenvalue weighted by atomic mass is 9.79. The molecule has 2 rings (SSSR count). The SMILES string of the molecule is O=C(N1CCNCC1)C1(O)CCC1. The van der Waals surface area contributed by atoms with Crippen LogP contribution >= 0.6 is 0 Å². The van der Waals surface area contributed by atoms with Crippen molar-refractivity contribution < 1.29 is 9.90 Å². The Hall–Kier alpha value is -0.610. The summed E-state index contributed by atoms with van der Waals surface area (Å²) in [5, 5.41) is 13.0. The van der Waals surface area contributed by atoms with E-state index in [0.717, 1.165) is 32.6 Å². The molecule has 1 saturated heterocycles. The maximum absolute atomic E-state index is 11.8.